The zero-order valence-electron chi connectivity index (χ0n) is 12.9. The van der Waals surface area contributed by atoms with Crippen LogP contribution in [0, 0.1) is 0 Å². The van der Waals surface area contributed by atoms with Gasteiger partial charge in [-0.3, -0.25) is 15.2 Å². The lowest BCUT2D eigenvalue weighted by Gasteiger charge is -2.38. The van der Waals surface area contributed by atoms with E-state index in [0.717, 1.165) is 31.4 Å². The zero-order valence-corrected chi connectivity index (χ0v) is 13.7. The van der Waals surface area contributed by atoms with Gasteiger partial charge in [0.15, 0.2) is 17.3 Å². The number of rotatable bonds is 2. The quantitative estimate of drug-likeness (QED) is 0.892. The summed E-state index contributed by atoms with van der Waals surface area (Å²) < 4.78 is 0. The highest BCUT2D eigenvalue weighted by atomic mass is 35.5. The van der Waals surface area contributed by atoms with E-state index < -0.39 is 0 Å². The van der Waals surface area contributed by atoms with Crippen LogP contribution in [0.1, 0.15) is 51.9 Å². The van der Waals surface area contributed by atoms with Gasteiger partial charge in [0.05, 0.1) is 5.69 Å². The lowest BCUT2D eigenvalue weighted by Crippen LogP contribution is -2.51. The summed E-state index contributed by atoms with van der Waals surface area (Å²) in [5, 5.41) is 2.79. The van der Waals surface area contributed by atoms with E-state index in [4.69, 9.17) is 16.6 Å². The highest BCUT2D eigenvalue weighted by Gasteiger charge is 2.42. The molecule has 1 heterocycles. The summed E-state index contributed by atoms with van der Waals surface area (Å²) in [7, 11) is 0. The molecule has 1 aliphatic heterocycles. The first kappa shape index (κ1) is 15.3. The number of halogens is 1. The largest absolute Gasteiger partial charge is 0.291 e. The summed E-state index contributed by atoms with van der Waals surface area (Å²) in [6, 6.07) is 7.71. The van der Waals surface area contributed by atoms with Crippen LogP contribution in [-0.4, -0.2) is 17.3 Å². The zero-order chi connectivity index (χ0) is 15.6. The fourth-order valence-corrected chi connectivity index (χ4v) is 3.48. The second kappa shape index (κ2) is 6.29. The maximum Gasteiger partial charge on any atom is 0.196 e. The Morgan fingerprint density at radius 2 is 1.73 bits per heavy atom. The van der Waals surface area contributed by atoms with Crippen LogP contribution in [0.4, 0.5) is 5.69 Å². The van der Waals surface area contributed by atoms with Crippen LogP contribution in [0.15, 0.2) is 29.3 Å². The van der Waals surface area contributed by atoms with Crippen LogP contribution in [0.25, 0.3) is 0 Å². The Kier molecular flexibility index (Phi) is 4.39. The minimum absolute atomic E-state index is 0.0158. The number of carbonyl (C=O) groups excluding carboxylic acids is 1. The van der Waals surface area contributed by atoms with Crippen LogP contribution in [0.5, 0.6) is 0 Å². The highest BCUT2D eigenvalue weighted by Crippen LogP contribution is 2.38. The van der Waals surface area contributed by atoms with Gasteiger partial charge < -0.3 is 0 Å². The number of benzene rings is 1. The maximum absolute atomic E-state index is 11.8. The number of Topliss-reactive ketones (excluding diaryl/α,β-unsaturated/α-hetero) is 1. The molecule has 118 valence electrons. The highest BCUT2D eigenvalue weighted by molar-refractivity contribution is 6.38. The van der Waals surface area contributed by atoms with Crippen LogP contribution in [0.3, 0.4) is 0 Å². The molecule has 0 unspecified atom stereocenters. The molecule has 0 bridgehead atoms. The Morgan fingerprint density at radius 1 is 1.14 bits per heavy atom. The molecule has 1 spiro atoms. The first-order valence-corrected chi connectivity index (χ1v) is 8.42. The normalized spacial score (nSPS) is 21.0. The van der Waals surface area contributed by atoms with E-state index in [0.29, 0.717) is 10.9 Å². The van der Waals surface area contributed by atoms with Gasteiger partial charge in [0, 0.05) is 11.9 Å². The monoisotopic (exact) mass is 319 g/mol. The number of ketones is 1. The third-order valence-corrected chi connectivity index (χ3v) is 4.78. The van der Waals surface area contributed by atoms with E-state index in [-0.39, 0.29) is 11.4 Å². The van der Waals surface area contributed by atoms with E-state index in [1.807, 2.05) is 24.3 Å². The Balaban J connectivity index is 1.96. The molecule has 0 atom stereocenters. The van der Waals surface area contributed by atoms with Crippen molar-refractivity contribution in [2.45, 2.75) is 57.5 Å². The molecule has 4 nitrogen and oxygen atoms in total. The molecular formula is C17H22ClN3O. The van der Waals surface area contributed by atoms with Crippen molar-refractivity contribution in [3.63, 3.8) is 0 Å². The van der Waals surface area contributed by atoms with E-state index in [1.165, 1.54) is 19.3 Å². The number of hydrogen-bond acceptors (Lipinski definition) is 4. The van der Waals surface area contributed by atoms with Crippen LogP contribution < -0.4 is 10.4 Å². The van der Waals surface area contributed by atoms with Gasteiger partial charge in [0.1, 0.15) is 0 Å². The second-order valence-corrected chi connectivity index (χ2v) is 6.63. The SMILES string of the molecule is CC(=O)C1=NC2(CCCCCCC2)N(c2ccc(Cl)cc2)N1. The van der Waals surface area contributed by atoms with Crippen molar-refractivity contribution in [1.29, 1.82) is 0 Å². The Hall–Kier alpha value is -1.55. The van der Waals surface area contributed by atoms with Crippen LogP contribution >= 0.6 is 11.6 Å². The van der Waals surface area contributed by atoms with E-state index in [9.17, 15) is 4.79 Å². The summed E-state index contributed by atoms with van der Waals surface area (Å²) in [6.45, 7) is 1.56. The van der Waals surface area contributed by atoms with Crippen molar-refractivity contribution in [3.05, 3.63) is 29.3 Å². The van der Waals surface area contributed by atoms with Crippen molar-refractivity contribution in [2.24, 2.45) is 4.99 Å². The predicted octanol–water partition coefficient (Wildman–Crippen LogP) is 4.09. The third kappa shape index (κ3) is 2.98. The molecule has 5 heteroatoms. The fourth-order valence-electron chi connectivity index (χ4n) is 3.35. The number of carbonyl (C=O) groups is 1. The van der Waals surface area contributed by atoms with Crippen molar-refractivity contribution in [1.82, 2.24) is 5.43 Å². The van der Waals surface area contributed by atoms with Gasteiger partial charge in [0.2, 0.25) is 0 Å². The van der Waals surface area contributed by atoms with Crippen molar-refractivity contribution < 1.29 is 4.79 Å². The lowest BCUT2D eigenvalue weighted by atomic mass is 9.90. The van der Waals surface area contributed by atoms with Crippen molar-refractivity contribution >= 4 is 28.9 Å². The molecule has 22 heavy (non-hydrogen) atoms. The topological polar surface area (TPSA) is 44.7 Å². The van der Waals surface area contributed by atoms with E-state index in [1.54, 1.807) is 6.92 Å². The molecule has 3 rings (SSSR count). The number of nitrogens with one attached hydrogen (secondary N) is 1. The third-order valence-electron chi connectivity index (χ3n) is 4.53. The molecule has 0 saturated heterocycles. The van der Waals surface area contributed by atoms with Crippen molar-refractivity contribution in [3.8, 4) is 0 Å². The van der Waals surface area contributed by atoms with Gasteiger partial charge >= 0.3 is 0 Å². The number of anilines is 1. The van der Waals surface area contributed by atoms with Crippen LogP contribution in [-0.2, 0) is 4.79 Å². The smallest absolute Gasteiger partial charge is 0.196 e. The van der Waals surface area contributed by atoms with E-state index in [2.05, 4.69) is 10.4 Å². The first-order valence-electron chi connectivity index (χ1n) is 8.04. The summed E-state index contributed by atoms with van der Waals surface area (Å²) in [6.07, 6.45) is 8.00. The molecule has 2 aliphatic rings. The molecular weight excluding hydrogens is 298 g/mol. The Labute approximate surface area is 136 Å². The lowest BCUT2D eigenvalue weighted by molar-refractivity contribution is -0.111. The molecule has 1 aliphatic carbocycles. The molecule has 0 radical (unpaired) electrons. The average molecular weight is 320 g/mol. The molecule has 0 aromatic heterocycles. The fraction of sp³-hybridized carbons (Fsp3) is 0.529. The molecule has 0 amide bonds. The van der Waals surface area contributed by atoms with Gasteiger partial charge in [0.25, 0.3) is 0 Å². The average Bonchev–Trinajstić information content (AvgIpc) is 2.85. The minimum atomic E-state index is -0.338. The van der Waals surface area contributed by atoms with Crippen LogP contribution in [0.2, 0.25) is 5.02 Å². The van der Waals surface area contributed by atoms with E-state index >= 15 is 0 Å². The Morgan fingerprint density at radius 3 is 2.32 bits per heavy atom. The summed E-state index contributed by atoms with van der Waals surface area (Å²) in [5.74, 6) is 0.452. The maximum atomic E-state index is 11.8. The predicted molar refractivity (Wildman–Crippen MR) is 90.2 cm³/mol. The summed E-state index contributed by atoms with van der Waals surface area (Å²) in [4.78, 5) is 16.6. The summed E-state index contributed by atoms with van der Waals surface area (Å²) in [5.41, 5.74) is 3.89. The number of nitrogens with zero attached hydrogens (tertiary/aromatic N) is 2. The standard InChI is InChI=1S/C17H22ClN3O/c1-13(22)16-19-17(11-5-3-2-4-6-12-17)21(20-16)15-9-7-14(18)8-10-15/h7-10H,2-6,11-12H2,1H3,(H,19,20). The number of hydrazine groups is 1. The first-order chi connectivity index (χ1) is 10.6. The molecule has 1 aromatic carbocycles. The van der Waals surface area contributed by atoms with Crippen molar-refractivity contribution in [2.75, 3.05) is 5.01 Å². The molecule has 1 saturated carbocycles. The van der Waals surface area contributed by atoms with Gasteiger partial charge in [-0.2, -0.15) is 0 Å². The van der Waals surface area contributed by atoms with Gasteiger partial charge in [-0.05, 0) is 49.9 Å². The molecule has 1 fully saturated rings. The minimum Gasteiger partial charge on any atom is -0.291 e. The van der Waals surface area contributed by atoms with Gasteiger partial charge in [-0.1, -0.05) is 30.9 Å². The van der Waals surface area contributed by atoms with Gasteiger partial charge in [-0.25, -0.2) is 4.99 Å². The second-order valence-electron chi connectivity index (χ2n) is 6.19. The molecule has 1 N–H and O–H groups in total. The summed E-state index contributed by atoms with van der Waals surface area (Å²) >= 11 is 6.00. The number of hydrogen-bond donors (Lipinski definition) is 1. The Bertz CT molecular complexity index is 574. The van der Waals surface area contributed by atoms with Gasteiger partial charge in [-0.15, -0.1) is 0 Å². The molecule has 1 aromatic rings. The number of aliphatic imine (C=N–C) groups is 1. The number of amidine groups is 1.